The van der Waals surface area contributed by atoms with Crippen LogP contribution in [0, 0.1) is 0 Å². The summed E-state index contributed by atoms with van der Waals surface area (Å²) in [5, 5.41) is 3.95. The molecule has 2 aliphatic rings. The number of fused-ring (bicyclic) bond motifs is 1. The second-order valence-electron chi connectivity index (χ2n) is 4.79. The number of nitrogens with one attached hydrogen (secondary N) is 1. The molecule has 1 fully saturated rings. The topological polar surface area (TPSA) is 72.4 Å². The van der Waals surface area contributed by atoms with Crippen molar-refractivity contribution in [2.45, 2.75) is 0 Å². The summed E-state index contributed by atoms with van der Waals surface area (Å²) >= 11 is 0. The molecule has 7 heteroatoms. The second-order valence-corrected chi connectivity index (χ2v) is 4.79. The molecule has 21 heavy (non-hydrogen) atoms. The van der Waals surface area contributed by atoms with E-state index in [1.165, 1.54) is 0 Å². The highest BCUT2D eigenvalue weighted by atomic mass is 16.7. The van der Waals surface area contributed by atoms with Gasteiger partial charge in [-0.2, -0.15) is 5.10 Å². The molecular formula is C14H17N3O4. The Labute approximate surface area is 122 Å². The van der Waals surface area contributed by atoms with Gasteiger partial charge in [-0.15, -0.1) is 0 Å². The Morgan fingerprint density at radius 3 is 2.95 bits per heavy atom. The Morgan fingerprint density at radius 2 is 2.10 bits per heavy atom. The summed E-state index contributed by atoms with van der Waals surface area (Å²) in [7, 11) is 0. The van der Waals surface area contributed by atoms with Crippen LogP contribution < -0.4 is 14.9 Å². The number of rotatable bonds is 4. The van der Waals surface area contributed by atoms with E-state index in [4.69, 9.17) is 14.2 Å². The molecule has 112 valence electrons. The number of carbonyl (C=O) groups excluding carboxylic acids is 1. The molecular weight excluding hydrogens is 274 g/mol. The minimum Gasteiger partial charge on any atom is -0.454 e. The lowest BCUT2D eigenvalue weighted by Gasteiger charge is -2.25. The maximum absolute atomic E-state index is 11.7. The van der Waals surface area contributed by atoms with E-state index in [2.05, 4.69) is 10.5 Å². The van der Waals surface area contributed by atoms with Crippen molar-refractivity contribution < 1.29 is 19.0 Å². The van der Waals surface area contributed by atoms with Gasteiger partial charge in [0.1, 0.15) is 0 Å². The largest absolute Gasteiger partial charge is 0.454 e. The van der Waals surface area contributed by atoms with Crippen LogP contribution in [0.1, 0.15) is 5.56 Å². The van der Waals surface area contributed by atoms with Gasteiger partial charge in [0.15, 0.2) is 11.5 Å². The highest BCUT2D eigenvalue weighted by molar-refractivity contribution is 5.83. The van der Waals surface area contributed by atoms with Crippen molar-refractivity contribution in [2.75, 3.05) is 39.6 Å². The van der Waals surface area contributed by atoms with Crippen LogP contribution >= 0.6 is 0 Å². The van der Waals surface area contributed by atoms with Crippen LogP contribution in [0.2, 0.25) is 0 Å². The minimum absolute atomic E-state index is 0.131. The molecule has 0 aromatic heterocycles. The fraction of sp³-hybridized carbons (Fsp3) is 0.429. The van der Waals surface area contributed by atoms with Gasteiger partial charge in [-0.3, -0.25) is 9.69 Å². The van der Waals surface area contributed by atoms with Gasteiger partial charge in [0, 0.05) is 13.1 Å². The van der Waals surface area contributed by atoms with Crippen LogP contribution in [-0.2, 0) is 9.53 Å². The fourth-order valence-electron chi connectivity index (χ4n) is 2.17. The highest BCUT2D eigenvalue weighted by Gasteiger charge is 2.14. The highest BCUT2D eigenvalue weighted by Crippen LogP contribution is 2.31. The first-order valence-corrected chi connectivity index (χ1v) is 6.83. The molecule has 2 heterocycles. The zero-order valence-electron chi connectivity index (χ0n) is 11.6. The smallest absolute Gasteiger partial charge is 0.254 e. The van der Waals surface area contributed by atoms with E-state index in [-0.39, 0.29) is 12.7 Å². The number of hydrogen-bond acceptors (Lipinski definition) is 6. The lowest BCUT2D eigenvalue weighted by atomic mass is 10.2. The summed E-state index contributed by atoms with van der Waals surface area (Å²) < 4.78 is 15.7. The molecule has 0 radical (unpaired) electrons. The van der Waals surface area contributed by atoms with Crippen LogP contribution in [0.3, 0.4) is 0 Å². The third-order valence-electron chi connectivity index (χ3n) is 3.27. The van der Waals surface area contributed by atoms with Crippen molar-refractivity contribution in [1.29, 1.82) is 0 Å². The fourth-order valence-corrected chi connectivity index (χ4v) is 2.17. The average Bonchev–Trinajstić information content (AvgIpc) is 2.96. The summed E-state index contributed by atoms with van der Waals surface area (Å²) in [5.41, 5.74) is 3.36. The summed E-state index contributed by atoms with van der Waals surface area (Å²) in [4.78, 5) is 13.8. The van der Waals surface area contributed by atoms with Crippen LogP contribution in [-0.4, -0.2) is 56.7 Å². The molecule has 0 unspecified atom stereocenters. The standard InChI is InChI=1S/C14H17N3O4/c18-14(9-17-3-5-19-6-4-17)16-15-8-11-1-2-12-13(7-11)21-10-20-12/h1-2,7-8H,3-6,9-10H2,(H,16,18). The SMILES string of the molecule is O=C(CN1CCOCC1)NN=Cc1ccc2c(c1)OCO2. The van der Waals surface area contributed by atoms with Crippen molar-refractivity contribution in [1.82, 2.24) is 10.3 Å². The maximum Gasteiger partial charge on any atom is 0.254 e. The number of ether oxygens (including phenoxy) is 3. The lowest BCUT2D eigenvalue weighted by molar-refractivity contribution is -0.123. The summed E-state index contributed by atoms with van der Waals surface area (Å²) in [6.45, 7) is 3.48. The number of nitrogens with zero attached hydrogens (tertiary/aromatic N) is 2. The molecule has 3 rings (SSSR count). The third kappa shape index (κ3) is 3.71. The van der Waals surface area contributed by atoms with Crippen molar-refractivity contribution in [2.24, 2.45) is 5.10 Å². The molecule has 7 nitrogen and oxygen atoms in total. The van der Waals surface area contributed by atoms with Crippen LogP contribution in [0.25, 0.3) is 0 Å². The zero-order chi connectivity index (χ0) is 14.5. The first-order valence-electron chi connectivity index (χ1n) is 6.83. The monoisotopic (exact) mass is 291 g/mol. The van der Waals surface area contributed by atoms with Crippen LogP contribution in [0.4, 0.5) is 0 Å². The summed E-state index contributed by atoms with van der Waals surface area (Å²) in [5.74, 6) is 1.29. The molecule has 2 aliphatic heterocycles. The lowest BCUT2D eigenvalue weighted by Crippen LogP contribution is -2.42. The van der Waals surface area contributed by atoms with Crippen molar-refractivity contribution in [3.63, 3.8) is 0 Å². The normalized spacial score (nSPS) is 18.1. The Morgan fingerprint density at radius 1 is 1.29 bits per heavy atom. The summed E-state index contributed by atoms with van der Waals surface area (Å²) in [6.07, 6.45) is 1.58. The van der Waals surface area contributed by atoms with E-state index in [9.17, 15) is 4.79 Å². The van der Waals surface area contributed by atoms with Gasteiger partial charge >= 0.3 is 0 Å². The second kappa shape index (κ2) is 6.55. The van der Waals surface area contributed by atoms with E-state index in [1.54, 1.807) is 6.21 Å². The Hall–Kier alpha value is -2.12. The van der Waals surface area contributed by atoms with Gasteiger partial charge in [0.2, 0.25) is 6.79 Å². The predicted molar refractivity (Wildman–Crippen MR) is 75.6 cm³/mol. The Balaban J connectivity index is 1.48. The van der Waals surface area contributed by atoms with Crippen LogP contribution in [0.5, 0.6) is 11.5 Å². The quantitative estimate of drug-likeness (QED) is 0.633. The molecule has 0 saturated carbocycles. The van der Waals surface area contributed by atoms with Gasteiger partial charge in [0.05, 0.1) is 26.0 Å². The van der Waals surface area contributed by atoms with E-state index >= 15 is 0 Å². The van der Waals surface area contributed by atoms with Gasteiger partial charge in [0.25, 0.3) is 5.91 Å². The predicted octanol–water partition coefficient (Wildman–Crippen LogP) is 0.198. The number of morpholine rings is 1. The number of benzene rings is 1. The van der Waals surface area contributed by atoms with Gasteiger partial charge < -0.3 is 14.2 Å². The molecule has 1 N–H and O–H groups in total. The van der Waals surface area contributed by atoms with Crippen LogP contribution in [0.15, 0.2) is 23.3 Å². The molecule has 0 bridgehead atoms. The maximum atomic E-state index is 11.7. The average molecular weight is 291 g/mol. The Kier molecular flexibility index (Phi) is 4.32. The van der Waals surface area contributed by atoms with Crippen molar-refractivity contribution >= 4 is 12.1 Å². The minimum atomic E-state index is -0.131. The first kappa shape index (κ1) is 13.8. The number of amides is 1. The molecule has 1 aromatic carbocycles. The molecule has 0 spiro atoms. The first-order chi connectivity index (χ1) is 10.3. The van der Waals surface area contributed by atoms with Crippen molar-refractivity contribution in [3.05, 3.63) is 23.8 Å². The number of hydrazone groups is 1. The Bertz CT molecular complexity index is 541. The summed E-state index contributed by atoms with van der Waals surface area (Å²) in [6, 6.07) is 5.49. The van der Waals surface area contributed by atoms with E-state index < -0.39 is 0 Å². The zero-order valence-corrected chi connectivity index (χ0v) is 11.6. The van der Waals surface area contributed by atoms with Gasteiger partial charge in [-0.25, -0.2) is 5.43 Å². The third-order valence-corrected chi connectivity index (χ3v) is 3.27. The molecule has 1 aromatic rings. The van der Waals surface area contributed by atoms with E-state index in [0.29, 0.717) is 25.5 Å². The molecule has 1 amide bonds. The van der Waals surface area contributed by atoms with E-state index in [0.717, 1.165) is 24.4 Å². The molecule has 1 saturated heterocycles. The van der Waals surface area contributed by atoms with E-state index in [1.807, 2.05) is 23.1 Å². The number of carbonyl (C=O) groups is 1. The number of hydrogen-bond donors (Lipinski definition) is 1. The van der Waals surface area contributed by atoms with Crippen molar-refractivity contribution in [3.8, 4) is 11.5 Å². The molecule has 0 aliphatic carbocycles. The van der Waals surface area contributed by atoms with Gasteiger partial charge in [-0.05, 0) is 23.8 Å². The van der Waals surface area contributed by atoms with Gasteiger partial charge in [-0.1, -0.05) is 0 Å². The molecule has 0 atom stereocenters.